The van der Waals surface area contributed by atoms with Crippen LogP contribution in [0.3, 0.4) is 0 Å². The van der Waals surface area contributed by atoms with Crippen molar-refractivity contribution < 1.29 is 27.1 Å². The highest BCUT2D eigenvalue weighted by molar-refractivity contribution is 7.92. The van der Waals surface area contributed by atoms with Gasteiger partial charge in [0.1, 0.15) is 11.4 Å². The summed E-state index contributed by atoms with van der Waals surface area (Å²) in [6.07, 6.45) is 6.27. The van der Waals surface area contributed by atoms with E-state index in [1.54, 1.807) is 30.1 Å². The SMILES string of the molecule is CCCS(=O)(=O)Nc1ccc(F)c(C(=O)Nc2cnc3cc(-c4cnn(CCO)c4)nn3c2)c1F. The number of rotatable bonds is 9. The molecule has 0 fully saturated rings. The van der Waals surface area contributed by atoms with Crippen LogP contribution in [-0.4, -0.2) is 56.2 Å². The fourth-order valence-electron chi connectivity index (χ4n) is 3.32. The summed E-state index contributed by atoms with van der Waals surface area (Å²) in [5, 5.41) is 19.9. The summed E-state index contributed by atoms with van der Waals surface area (Å²) in [5.41, 5.74) is 0.285. The number of benzene rings is 1. The fourth-order valence-corrected chi connectivity index (χ4v) is 4.46. The first kappa shape index (κ1) is 24.2. The van der Waals surface area contributed by atoms with E-state index in [4.69, 9.17) is 5.11 Å². The lowest BCUT2D eigenvalue weighted by molar-refractivity contribution is 0.101. The van der Waals surface area contributed by atoms with Gasteiger partial charge >= 0.3 is 0 Å². The van der Waals surface area contributed by atoms with E-state index >= 15 is 0 Å². The average Bonchev–Trinajstić information content (AvgIpc) is 3.42. The molecule has 1 aromatic carbocycles. The van der Waals surface area contributed by atoms with Gasteiger partial charge in [-0.15, -0.1) is 0 Å². The molecule has 0 atom stereocenters. The van der Waals surface area contributed by atoms with Gasteiger partial charge in [-0.05, 0) is 18.6 Å². The third-order valence-electron chi connectivity index (χ3n) is 4.89. The van der Waals surface area contributed by atoms with Crippen molar-refractivity contribution in [2.45, 2.75) is 19.9 Å². The molecule has 0 spiro atoms. The van der Waals surface area contributed by atoms with Crippen molar-refractivity contribution in [3.63, 3.8) is 0 Å². The third-order valence-corrected chi connectivity index (χ3v) is 6.36. The van der Waals surface area contributed by atoms with E-state index in [2.05, 4.69) is 20.5 Å². The van der Waals surface area contributed by atoms with Gasteiger partial charge in [0.25, 0.3) is 5.91 Å². The number of nitrogens with zero attached hydrogens (tertiary/aromatic N) is 5. The molecule has 3 N–H and O–H groups in total. The predicted molar refractivity (Wildman–Crippen MR) is 123 cm³/mol. The maximum atomic E-state index is 14.9. The summed E-state index contributed by atoms with van der Waals surface area (Å²) in [6.45, 7) is 1.90. The number of amides is 1. The number of carbonyl (C=O) groups is 1. The Bertz CT molecular complexity index is 1500. The average molecular weight is 506 g/mol. The zero-order chi connectivity index (χ0) is 25.2. The minimum absolute atomic E-state index is 0.0639. The number of nitrogens with one attached hydrogen (secondary N) is 2. The summed E-state index contributed by atoms with van der Waals surface area (Å²) in [5.74, 6) is -3.88. The van der Waals surface area contributed by atoms with Crippen LogP contribution < -0.4 is 10.0 Å². The van der Waals surface area contributed by atoms with E-state index < -0.39 is 38.8 Å². The van der Waals surface area contributed by atoms with Gasteiger partial charge in [-0.25, -0.2) is 26.7 Å². The van der Waals surface area contributed by atoms with Gasteiger partial charge in [0.2, 0.25) is 10.0 Å². The number of aromatic nitrogens is 5. The van der Waals surface area contributed by atoms with Crippen LogP contribution in [0, 0.1) is 11.6 Å². The predicted octanol–water partition coefficient (Wildman–Crippen LogP) is 2.27. The van der Waals surface area contributed by atoms with Crippen LogP contribution in [0.25, 0.3) is 16.9 Å². The van der Waals surface area contributed by atoms with Gasteiger partial charge in [-0.1, -0.05) is 6.92 Å². The van der Waals surface area contributed by atoms with Crippen LogP contribution in [0.4, 0.5) is 20.2 Å². The molecule has 3 aromatic heterocycles. The molecular formula is C21H21F2N7O4S. The van der Waals surface area contributed by atoms with Gasteiger partial charge in [0.05, 0.1) is 54.6 Å². The van der Waals surface area contributed by atoms with E-state index in [-0.39, 0.29) is 18.0 Å². The van der Waals surface area contributed by atoms with Crippen molar-refractivity contribution in [1.82, 2.24) is 24.4 Å². The van der Waals surface area contributed by atoms with Crippen molar-refractivity contribution >= 4 is 33.0 Å². The molecule has 0 saturated heterocycles. The van der Waals surface area contributed by atoms with Crippen LogP contribution in [0.5, 0.6) is 0 Å². The molecule has 0 radical (unpaired) electrons. The zero-order valence-corrected chi connectivity index (χ0v) is 19.3. The van der Waals surface area contributed by atoms with Crippen LogP contribution in [0.2, 0.25) is 0 Å². The van der Waals surface area contributed by atoms with E-state index in [9.17, 15) is 22.0 Å². The van der Waals surface area contributed by atoms with Crippen LogP contribution >= 0.6 is 0 Å². The molecule has 0 unspecified atom stereocenters. The Kier molecular flexibility index (Phi) is 6.75. The van der Waals surface area contributed by atoms with Gasteiger partial charge in [-0.2, -0.15) is 10.2 Å². The number of halogens is 2. The Morgan fingerprint density at radius 1 is 1.20 bits per heavy atom. The lowest BCUT2D eigenvalue weighted by Crippen LogP contribution is -2.20. The van der Waals surface area contributed by atoms with E-state index in [0.717, 1.165) is 12.1 Å². The highest BCUT2D eigenvalue weighted by Gasteiger charge is 2.23. The summed E-state index contributed by atoms with van der Waals surface area (Å²) in [6, 6.07) is 3.40. The monoisotopic (exact) mass is 505 g/mol. The maximum absolute atomic E-state index is 14.9. The highest BCUT2D eigenvalue weighted by atomic mass is 32.2. The molecule has 0 aliphatic heterocycles. The number of carbonyl (C=O) groups excluding carboxylic acids is 1. The van der Waals surface area contributed by atoms with Gasteiger partial charge in [-0.3, -0.25) is 14.2 Å². The Balaban J connectivity index is 1.58. The van der Waals surface area contributed by atoms with Gasteiger partial charge < -0.3 is 10.4 Å². The topological polar surface area (TPSA) is 144 Å². The lowest BCUT2D eigenvalue weighted by atomic mass is 10.1. The fraction of sp³-hybridized carbons (Fsp3) is 0.238. The molecule has 0 aliphatic rings. The number of aliphatic hydroxyl groups is 1. The molecule has 0 bridgehead atoms. The molecule has 11 nitrogen and oxygen atoms in total. The van der Waals surface area contributed by atoms with E-state index in [1.165, 1.54) is 16.9 Å². The number of aliphatic hydroxyl groups excluding tert-OH is 1. The van der Waals surface area contributed by atoms with Crippen molar-refractivity contribution in [2.75, 3.05) is 22.4 Å². The van der Waals surface area contributed by atoms with Crippen molar-refractivity contribution in [2.24, 2.45) is 0 Å². The van der Waals surface area contributed by atoms with Crippen molar-refractivity contribution in [3.8, 4) is 11.3 Å². The standard InChI is InChI=1S/C21H21F2N7O4S/c1-2-7-35(33,34)28-16-4-3-15(22)19(20(16)23)21(32)26-14-10-24-18-8-17(27-30(18)12-14)13-9-25-29(11-13)5-6-31/h3-4,8-12,28,31H,2,5-7H2,1H3,(H,26,32). The lowest BCUT2D eigenvalue weighted by Gasteiger charge is -2.12. The minimum atomic E-state index is -3.85. The summed E-state index contributed by atoms with van der Waals surface area (Å²) in [7, 11) is -3.85. The molecule has 1 amide bonds. The highest BCUT2D eigenvalue weighted by Crippen LogP contribution is 2.24. The van der Waals surface area contributed by atoms with Crippen molar-refractivity contribution in [1.29, 1.82) is 0 Å². The number of fused-ring (bicyclic) bond motifs is 1. The smallest absolute Gasteiger partial charge is 0.261 e. The Labute approximate surface area is 198 Å². The molecule has 184 valence electrons. The quantitative estimate of drug-likeness (QED) is 0.317. The van der Waals surface area contributed by atoms with E-state index in [0.29, 0.717) is 29.9 Å². The first-order chi connectivity index (χ1) is 16.7. The zero-order valence-electron chi connectivity index (χ0n) is 18.4. The molecular weight excluding hydrogens is 484 g/mol. The second kappa shape index (κ2) is 9.76. The number of hydrogen-bond acceptors (Lipinski definition) is 7. The van der Waals surface area contributed by atoms with E-state index in [1.807, 2.05) is 4.72 Å². The minimum Gasteiger partial charge on any atom is -0.394 e. The first-order valence-corrected chi connectivity index (χ1v) is 12.1. The first-order valence-electron chi connectivity index (χ1n) is 10.5. The largest absolute Gasteiger partial charge is 0.394 e. The molecule has 3 heterocycles. The van der Waals surface area contributed by atoms with Crippen LogP contribution in [-0.2, 0) is 16.6 Å². The van der Waals surface area contributed by atoms with Crippen LogP contribution in [0.15, 0.2) is 43.0 Å². The molecule has 0 saturated carbocycles. The Morgan fingerprint density at radius 2 is 2.00 bits per heavy atom. The normalized spacial score (nSPS) is 11.7. The summed E-state index contributed by atoms with van der Waals surface area (Å²) < 4.78 is 58.1. The second-order valence-electron chi connectivity index (χ2n) is 7.55. The third kappa shape index (κ3) is 5.27. The summed E-state index contributed by atoms with van der Waals surface area (Å²) in [4.78, 5) is 16.9. The number of hydrogen-bond donors (Lipinski definition) is 3. The molecule has 4 aromatic rings. The Morgan fingerprint density at radius 3 is 2.74 bits per heavy atom. The maximum Gasteiger partial charge on any atom is 0.261 e. The van der Waals surface area contributed by atoms with Gasteiger partial charge in [0, 0.05) is 17.8 Å². The number of anilines is 2. The van der Waals surface area contributed by atoms with Crippen molar-refractivity contribution in [3.05, 3.63) is 60.2 Å². The molecule has 35 heavy (non-hydrogen) atoms. The molecule has 14 heteroatoms. The van der Waals surface area contributed by atoms with Gasteiger partial charge in [0.15, 0.2) is 11.5 Å². The molecule has 4 rings (SSSR count). The second-order valence-corrected chi connectivity index (χ2v) is 9.39. The Hall–Kier alpha value is -3.91. The molecule has 0 aliphatic carbocycles. The number of sulfonamides is 1. The summed E-state index contributed by atoms with van der Waals surface area (Å²) >= 11 is 0. The van der Waals surface area contributed by atoms with Crippen LogP contribution in [0.1, 0.15) is 23.7 Å².